The first kappa shape index (κ1) is 19.0. The molecule has 0 amide bonds. The third-order valence-electron chi connectivity index (χ3n) is 4.91. The van der Waals surface area contributed by atoms with Crippen molar-refractivity contribution in [3.8, 4) is 11.8 Å². The first-order chi connectivity index (χ1) is 13.0. The van der Waals surface area contributed by atoms with E-state index in [-0.39, 0.29) is 18.2 Å². The molecule has 3 rings (SSSR count). The summed E-state index contributed by atoms with van der Waals surface area (Å²) in [7, 11) is 0. The predicted molar refractivity (Wildman–Crippen MR) is 106 cm³/mol. The molecule has 2 unspecified atom stereocenters. The van der Waals surface area contributed by atoms with E-state index in [9.17, 15) is 10.2 Å². The average Bonchev–Trinajstić information content (AvgIpc) is 3.07. The molecule has 0 aliphatic rings. The van der Waals surface area contributed by atoms with Gasteiger partial charge in [0.05, 0.1) is 18.6 Å². The number of aliphatic hydroxyl groups is 1. The smallest absolute Gasteiger partial charge is 0.119 e. The van der Waals surface area contributed by atoms with Crippen molar-refractivity contribution >= 4 is 10.9 Å². The van der Waals surface area contributed by atoms with E-state index in [2.05, 4.69) is 36.3 Å². The summed E-state index contributed by atoms with van der Waals surface area (Å²) in [4.78, 5) is 3.31. The van der Waals surface area contributed by atoms with Crippen LogP contribution in [0.2, 0.25) is 0 Å². The summed E-state index contributed by atoms with van der Waals surface area (Å²) in [6.07, 6.45) is 1.42. The normalized spacial score (nSPS) is 13.6. The molecule has 0 aliphatic carbocycles. The highest BCUT2D eigenvalue weighted by Gasteiger charge is 2.20. The summed E-state index contributed by atoms with van der Waals surface area (Å²) in [5.41, 5.74) is 3.50. The van der Waals surface area contributed by atoms with E-state index in [1.54, 1.807) is 12.1 Å². The number of phenolic OH excluding ortho intramolecular Hbond substituents is 1. The van der Waals surface area contributed by atoms with Crippen molar-refractivity contribution in [2.45, 2.75) is 32.4 Å². The minimum Gasteiger partial charge on any atom is -0.508 e. The molecule has 5 nitrogen and oxygen atoms in total. The van der Waals surface area contributed by atoms with Crippen LogP contribution < -0.4 is 5.32 Å². The number of aromatic nitrogens is 1. The molecular formula is C22H25N3O2. The number of aromatic amines is 1. The Morgan fingerprint density at radius 1 is 1.19 bits per heavy atom. The van der Waals surface area contributed by atoms with Gasteiger partial charge in [-0.2, -0.15) is 5.26 Å². The topological polar surface area (TPSA) is 92.1 Å². The Hall–Kier alpha value is -2.81. The molecule has 4 N–H and O–H groups in total. The van der Waals surface area contributed by atoms with Gasteiger partial charge < -0.3 is 20.5 Å². The third kappa shape index (κ3) is 4.13. The van der Waals surface area contributed by atoms with E-state index in [0.29, 0.717) is 23.6 Å². The van der Waals surface area contributed by atoms with Crippen molar-refractivity contribution < 1.29 is 10.2 Å². The molecule has 140 valence electrons. The minimum absolute atomic E-state index is 0.0827. The monoisotopic (exact) mass is 363 g/mol. The molecule has 0 fully saturated rings. The van der Waals surface area contributed by atoms with Gasteiger partial charge in [-0.1, -0.05) is 38.1 Å². The number of hydrogen-bond donors (Lipinski definition) is 4. The molecule has 5 heteroatoms. The van der Waals surface area contributed by atoms with Gasteiger partial charge in [0.2, 0.25) is 0 Å². The number of aliphatic hydroxyl groups excluding tert-OH is 1. The lowest BCUT2D eigenvalue weighted by molar-refractivity contribution is 0.165. The maximum atomic E-state index is 10.6. The maximum Gasteiger partial charge on any atom is 0.119 e. The van der Waals surface area contributed by atoms with Crippen LogP contribution in [0.5, 0.6) is 5.75 Å². The van der Waals surface area contributed by atoms with Crippen LogP contribution in [-0.4, -0.2) is 21.7 Å². The van der Waals surface area contributed by atoms with Crippen molar-refractivity contribution in [3.05, 3.63) is 65.4 Å². The van der Waals surface area contributed by atoms with Gasteiger partial charge >= 0.3 is 0 Å². The number of fused-ring (bicyclic) bond motifs is 1. The second-order valence-corrected chi connectivity index (χ2v) is 7.16. The molecule has 0 radical (unpaired) electrons. The van der Waals surface area contributed by atoms with Gasteiger partial charge in [-0.05, 0) is 35.2 Å². The van der Waals surface area contributed by atoms with Crippen molar-refractivity contribution in [2.75, 3.05) is 6.54 Å². The Balaban J connectivity index is 1.77. The van der Waals surface area contributed by atoms with Gasteiger partial charge in [-0.15, -0.1) is 0 Å². The second kappa shape index (κ2) is 8.26. The molecule has 3 aromatic rings. The number of nitrogens with one attached hydrogen (secondary N) is 2. The van der Waals surface area contributed by atoms with Crippen LogP contribution in [-0.2, 0) is 6.42 Å². The third-order valence-corrected chi connectivity index (χ3v) is 4.91. The largest absolute Gasteiger partial charge is 0.508 e. The van der Waals surface area contributed by atoms with Gasteiger partial charge in [0.25, 0.3) is 0 Å². The quantitative estimate of drug-likeness (QED) is 0.511. The standard InChI is InChI=1S/C22H25N3O2/c1-14(2)22(18-12-24-19-6-4-3-5-17(18)19)25-13-21(27)15-7-8-20(26)16(11-15)9-10-23/h3-8,11-12,14,21-22,24-27H,9,13H2,1-2H3. The zero-order valence-corrected chi connectivity index (χ0v) is 15.6. The molecule has 27 heavy (non-hydrogen) atoms. The molecule has 1 aromatic heterocycles. The lowest BCUT2D eigenvalue weighted by atomic mass is 9.95. The molecule has 0 spiro atoms. The van der Waals surface area contributed by atoms with Crippen LogP contribution in [0.4, 0.5) is 0 Å². The Morgan fingerprint density at radius 3 is 2.70 bits per heavy atom. The molecule has 2 aromatic carbocycles. The minimum atomic E-state index is -0.727. The van der Waals surface area contributed by atoms with Gasteiger partial charge in [0.1, 0.15) is 5.75 Å². The number of nitrogens with zero attached hydrogens (tertiary/aromatic N) is 1. The summed E-state index contributed by atoms with van der Waals surface area (Å²) in [5.74, 6) is 0.421. The fourth-order valence-electron chi connectivity index (χ4n) is 3.45. The first-order valence-electron chi connectivity index (χ1n) is 9.17. The van der Waals surface area contributed by atoms with Crippen molar-refractivity contribution in [2.24, 2.45) is 5.92 Å². The molecule has 0 bridgehead atoms. The number of benzene rings is 2. The summed E-state index contributed by atoms with van der Waals surface area (Å²) < 4.78 is 0. The molecule has 1 heterocycles. The number of para-hydroxylation sites is 1. The SMILES string of the molecule is CC(C)C(NCC(O)c1ccc(O)c(CC#N)c1)c1c[nH]c2ccccc12. The highest BCUT2D eigenvalue weighted by atomic mass is 16.3. The zero-order chi connectivity index (χ0) is 19.4. The van der Waals surface area contributed by atoms with Gasteiger partial charge in [-0.25, -0.2) is 0 Å². The number of H-pyrrole nitrogens is 1. The highest BCUT2D eigenvalue weighted by Crippen LogP contribution is 2.30. The van der Waals surface area contributed by atoms with Gasteiger partial charge in [0.15, 0.2) is 0 Å². The van der Waals surface area contributed by atoms with Crippen LogP contribution in [0.3, 0.4) is 0 Å². The molecule has 2 atom stereocenters. The molecule has 0 aliphatic heterocycles. The van der Waals surface area contributed by atoms with E-state index < -0.39 is 6.10 Å². The van der Waals surface area contributed by atoms with E-state index in [0.717, 1.165) is 5.52 Å². The highest BCUT2D eigenvalue weighted by molar-refractivity contribution is 5.83. The molecule has 0 saturated carbocycles. The fourth-order valence-corrected chi connectivity index (χ4v) is 3.45. The number of phenols is 1. The van der Waals surface area contributed by atoms with Gasteiger partial charge in [-0.3, -0.25) is 0 Å². The van der Waals surface area contributed by atoms with E-state index in [1.807, 2.05) is 24.4 Å². The first-order valence-corrected chi connectivity index (χ1v) is 9.17. The van der Waals surface area contributed by atoms with Crippen LogP contribution in [0.25, 0.3) is 10.9 Å². The number of aromatic hydroxyl groups is 1. The summed E-state index contributed by atoms with van der Waals surface area (Å²) >= 11 is 0. The summed E-state index contributed by atoms with van der Waals surface area (Å²) in [6.45, 7) is 4.67. The number of hydrogen-bond acceptors (Lipinski definition) is 4. The Morgan fingerprint density at radius 2 is 1.96 bits per heavy atom. The second-order valence-electron chi connectivity index (χ2n) is 7.16. The van der Waals surface area contributed by atoms with E-state index >= 15 is 0 Å². The summed E-state index contributed by atoms with van der Waals surface area (Å²) in [6, 6.07) is 15.2. The number of rotatable bonds is 7. The molecular weight excluding hydrogens is 338 g/mol. The lowest BCUT2D eigenvalue weighted by Gasteiger charge is -2.24. The average molecular weight is 363 g/mol. The van der Waals surface area contributed by atoms with Crippen molar-refractivity contribution in [3.63, 3.8) is 0 Å². The Labute approximate surface area is 159 Å². The number of nitriles is 1. The Kier molecular flexibility index (Phi) is 5.80. The van der Waals surface area contributed by atoms with E-state index in [1.165, 1.54) is 17.0 Å². The fraction of sp³-hybridized carbons (Fsp3) is 0.318. The summed E-state index contributed by atoms with van der Waals surface area (Å²) in [5, 5.41) is 33.9. The van der Waals surface area contributed by atoms with Crippen molar-refractivity contribution in [1.29, 1.82) is 5.26 Å². The lowest BCUT2D eigenvalue weighted by Crippen LogP contribution is -2.29. The van der Waals surface area contributed by atoms with E-state index in [4.69, 9.17) is 5.26 Å². The predicted octanol–water partition coefficient (Wildman–Crippen LogP) is 3.96. The molecule has 0 saturated heterocycles. The van der Waals surface area contributed by atoms with Crippen molar-refractivity contribution in [1.82, 2.24) is 10.3 Å². The van der Waals surface area contributed by atoms with Gasteiger partial charge in [0, 0.05) is 35.2 Å². The van der Waals surface area contributed by atoms with Crippen LogP contribution in [0, 0.1) is 17.2 Å². The van der Waals surface area contributed by atoms with Crippen LogP contribution in [0.1, 0.15) is 42.7 Å². The zero-order valence-electron chi connectivity index (χ0n) is 15.6. The van der Waals surface area contributed by atoms with Crippen LogP contribution in [0.15, 0.2) is 48.7 Å². The maximum absolute atomic E-state index is 10.6. The van der Waals surface area contributed by atoms with Crippen LogP contribution >= 0.6 is 0 Å². The Bertz CT molecular complexity index is 956.